The van der Waals surface area contributed by atoms with Crippen LogP contribution in [0.4, 0.5) is 4.39 Å². The molecular formula is C23H25FN4O3. The van der Waals surface area contributed by atoms with E-state index in [-0.39, 0.29) is 18.2 Å². The number of carbonyl (C=O) groups excluding carboxylic acids is 1. The fourth-order valence-electron chi connectivity index (χ4n) is 3.09. The minimum atomic E-state index is -0.874. The van der Waals surface area contributed by atoms with Crippen molar-refractivity contribution in [2.45, 2.75) is 46.2 Å². The van der Waals surface area contributed by atoms with Crippen LogP contribution in [-0.2, 0) is 6.54 Å². The molecule has 1 N–H and O–H groups in total. The first-order valence-electron chi connectivity index (χ1n) is 10.1. The van der Waals surface area contributed by atoms with Crippen LogP contribution in [0, 0.1) is 5.82 Å². The van der Waals surface area contributed by atoms with Crippen LogP contribution in [0.2, 0.25) is 0 Å². The van der Waals surface area contributed by atoms with E-state index in [2.05, 4.69) is 10.4 Å². The Morgan fingerprint density at radius 2 is 1.68 bits per heavy atom. The van der Waals surface area contributed by atoms with Gasteiger partial charge in [-0.15, -0.1) is 0 Å². The number of carbonyl (C=O) groups is 1. The molecule has 0 aliphatic carbocycles. The average Bonchev–Trinajstić information content (AvgIpc) is 2.72. The monoisotopic (exact) mass is 424 g/mol. The highest BCUT2D eigenvalue weighted by molar-refractivity contribution is 5.91. The van der Waals surface area contributed by atoms with Crippen molar-refractivity contribution >= 4 is 5.91 Å². The van der Waals surface area contributed by atoms with Crippen LogP contribution < -0.4 is 16.6 Å². The molecule has 0 aliphatic rings. The minimum absolute atomic E-state index is 0.157. The number of aromatic nitrogens is 3. The largest absolute Gasteiger partial charge is 0.352 e. The lowest BCUT2D eigenvalue weighted by Crippen LogP contribution is -2.46. The van der Waals surface area contributed by atoms with Crippen LogP contribution in [0.1, 0.15) is 55.2 Å². The molecule has 0 bridgehead atoms. The van der Waals surface area contributed by atoms with E-state index in [1.165, 1.54) is 18.2 Å². The Bertz CT molecular complexity index is 1210. The van der Waals surface area contributed by atoms with Gasteiger partial charge >= 0.3 is 5.69 Å². The zero-order valence-corrected chi connectivity index (χ0v) is 17.9. The fourth-order valence-corrected chi connectivity index (χ4v) is 3.09. The Labute approximate surface area is 179 Å². The highest BCUT2D eigenvalue weighted by Crippen LogP contribution is 2.16. The van der Waals surface area contributed by atoms with E-state index in [0.29, 0.717) is 11.6 Å². The zero-order valence-electron chi connectivity index (χ0n) is 17.9. The molecule has 162 valence electrons. The molecular weight excluding hydrogens is 399 g/mol. The number of amides is 1. The van der Waals surface area contributed by atoms with Crippen molar-refractivity contribution in [3.05, 3.63) is 92.0 Å². The Kier molecular flexibility index (Phi) is 6.48. The van der Waals surface area contributed by atoms with Gasteiger partial charge in [-0.1, -0.05) is 44.2 Å². The summed E-state index contributed by atoms with van der Waals surface area (Å²) in [6.07, 6.45) is 0. The number of halogens is 1. The van der Waals surface area contributed by atoms with Gasteiger partial charge in [0.05, 0.1) is 12.2 Å². The van der Waals surface area contributed by atoms with E-state index in [1.54, 1.807) is 32.0 Å². The van der Waals surface area contributed by atoms with Crippen LogP contribution in [0.25, 0.3) is 5.69 Å². The van der Waals surface area contributed by atoms with Gasteiger partial charge in [-0.3, -0.25) is 14.2 Å². The van der Waals surface area contributed by atoms with Gasteiger partial charge in [0, 0.05) is 11.6 Å². The lowest BCUT2D eigenvalue weighted by Gasteiger charge is -2.14. The lowest BCUT2D eigenvalue weighted by atomic mass is 10.0. The summed E-state index contributed by atoms with van der Waals surface area (Å²) < 4.78 is 16.0. The molecule has 0 atom stereocenters. The van der Waals surface area contributed by atoms with Crippen LogP contribution >= 0.6 is 0 Å². The Morgan fingerprint density at radius 3 is 2.26 bits per heavy atom. The third-order valence-corrected chi connectivity index (χ3v) is 4.79. The molecule has 0 saturated heterocycles. The van der Waals surface area contributed by atoms with Gasteiger partial charge in [0.1, 0.15) is 5.82 Å². The van der Waals surface area contributed by atoms with Crippen molar-refractivity contribution in [1.82, 2.24) is 19.7 Å². The number of nitrogens with one attached hydrogen (secondary N) is 1. The third kappa shape index (κ3) is 4.79. The van der Waals surface area contributed by atoms with Crippen LogP contribution in [0.15, 0.2) is 58.1 Å². The van der Waals surface area contributed by atoms with Crippen LogP contribution in [0.3, 0.4) is 0 Å². The molecule has 3 aromatic rings. The summed E-state index contributed by atoms with van der Waals surface area (Å²) in [6.45, 7) is 7.26. The van der Waals surface area contributed by atoms with E-state index in [0.717, 1.165) is 14.8 Å². The molecule has 0 radical (unpaired) electrons. The zero-order chi connectivity index (χ0) is 22.7. The summed E-state index contributed by atoms with van der Waals surface area (Å²) in [5.41, 5.74) is -0.444. The molecule has 0 aliphatic heterocycles. The van der Waals surface area contributed by atoms with Gasteiger partial charge in [-0.25, -0.2) is 9.18 Å². The fraction of sp³-hybridized carbons (Fsp3) is 0.304. The van der Waals surface area contributed by atoms with Crippen molar-refractivity contribution < 1.29 is 9.18 Å². The smallest absolute Gasteiger partial charge is 0.348 e. The number of nitrogens with zero attached hydrogens (tertiary/aromatic N) is 3. The summed E-state index contributed by atoms with van der Waals surface area (Å²) in [5, 5.41) is 6.68. The summed E-state index contributed by atoms with van der Waals surface area (Å²) in [5.74, 6) is -0.956. The average molecular weight is 424 g/mol. The number of hydrogen-bond donors (Lipinski definition) is 1. The van der Waals surface area contributed by atoms with Gasteiger partial charge in [0.15, 0.2) is 0 Å². The van der Waals surface area contributed by atoms with Gasteiger partial charge < -0.3 is 5.32 Å². The summed E-state index contributed by atoms with van der Waals surface area (Å²) in [6, 6.07) is 12.7. The number of benzene rings is 2. The molecule has 8 heteroatoms. The first kappa shape index (κ1) is 22.1. The number of hydrogen-bond acceptors (Lipinski definition) is 4. The second kappa shape index (κ2) is 9.07. The Morgan fingerprint density at radius 1 is 1.03 bits per heavy atom. The molecule has 0 spiro atoms. The maximum atomic E-state index is 14.2. The molecule has 3 rings (SSSR count). The van der Waals surface area contributed by atoms with Gasteiger partial charge in [0.2, 0.25) is 5.69 Å². The van der Waals surface area contributed by atoms with Crippen molar-refractivity contribution in [2.24, 2.45) is 0 Å². The summed E-state index contributed by atoms with van der Waals surface area (Å²) in [4.78, 5) is 38.7. The highest BCUT2D eigenvalue weighted by Gasteiger charge is 2.21. The van der Waals surface area contributed by atoms with E-state index < -0.39 is 28.7 Å². The highest BCUT2D eigenvalue weighted by atomic mass is 19.1. The van der Waals surface area contributed by atoms with Crippen molar-refractivity contribution in [2.75, 3.05) is 0 Å². The molecule has 1 aromatic heterocycles. The first-order chi connectivity index (χ1) is 14.7. The molecule has 1 heterocycles. The Hall–Kier alpha value is -3.55. The molecule has 0 fully saturated rings. The van der Waals surface area contributed by atoms with E-state index in [4.69, 9.17) is 0 Å². The maximum Gasteiger partial charge on any atom is 0.352 e. The normalized spacial score (nSPS) is 11.2. The van der Waals surface area contributed by atoms with Crippen molar-refractivity contribution in [1.29, 1.82) is 0 Å². The standard InChI is InChI=1S/C23H25FN4O3/c1-14(2)16-9-11-18(12-10-16)28-23(31)27(13-17-7-5-6-8-19(17)24)22(30)20(26-28)21(29)25-15(3)4/h5-12,14-15H,13H2,1-4H3,(H,25,29). The quantitative estimate of drug-likeness (QED) is 0.659. The second-order valence-corrected chi connectivity index (χ2v) is 7.90. The van der Waals surface area contributed by atoms with Crippen molar-refractivity contribution in [3.63, 3.8) is 0 Å². The SMILES string of the molecule is CC(C)NC(=O)c1nn(-c2ccc(C(C)C)cc2)c(=O)n(Cc2ccccc2F)c1=O. The predicted molar refractivity (Wildman–Crippen MR) is 116 cm³/mol. The molecule has 1 amide bonds. The molecule has 0 saturated carbocycles. The predicted octanol–water partition coefficient (Wildman–Crippen LogP) is 2.84. The first-order valence-corrected chi connectivity index (χ1v) is 10.1. The van der Waals surface area contributed by atoms with E-state index >= 15 is 0 Å². The van der Waals surface area contributed by atoms with E-state index in [9.17, 15) is 18.8 Å². The topological polar surface area (TPSA) is 86.0 Å². The molecule has 0 unspecified atom stereocenters. The molecule has 2 aromatic carbocycles. The van der Waals surface area contributed by atoms with Crippen LogP contribution in [0.5, 0.6) is 0 Å². The maximum absolute atomic E-state index is 14.2. The Balaban J connectivity index is 2.20. The third-order valence-electron chi connectivity index (χ3n) is 4.79. The van der Waals surface area contributed by atoms with E-state index in [1.807, 2.05) is 26.0 Å². The van der Waals surface area contributed by atoms with Crippen LogP contribution in [-0.4, -0.2) is 26.3 Å². The summed E-state index contributed by atoms with van der Waals surface area (Å²) >= 11 is 0. The summed E-state index contributed by atoms with van der Waals surface area (Å²) in [7, 11) is 0. The second-order valence-electron chi connectivity index (χ2n) is 7.90. The minimum Gasteiger partial charge on any atom is -0.348 e. The lowest BCUT2D eigenvalue weighted by molar-refractivity contribution is 0.0933. The van der Waals surface area contributed by atoms with Crippen molar-refractivity contribution in [3.8, 4) is 5.69 Å². The number of rotatable bonds is 6. The molecule has 31 heavy (non-hydrogen) atoms. The van der Waals surface area contributed by atoms with Gasteiger partial charge in [-0.05, 0) is 43.5 Å². The molecule has 7 nitrogen and oxygen atoms in total. The van der Waals surface area contributed by atoms with Gasteiger partial charge in [-0.2, -0.15) is 9.78 Å². The van der Waals surface area contributed by atoms with Gasteiger partial charge in [0.25, 0.3) is 11.5 Å².